The predicted molar refractivity (Wildman–Crippen MR) is 122 cm³/mol. The van der Waals surface area contributed by atoms with Crippen LogP contribution in [-0.2, 0) is 9.59 Å². The van der Waals surface area contributed by atoms with Crippen LogP contribution in [0.1, 0.15) is 40.5 Å². The number of hydrogen-bond acceptors (Lipinski definition) is 4. The van der Waals surface area contributed by atoms with Gasteiger partial charge in [0.25, 0.3) is 17.7 Å². The van der Waals surface area contributed by atoms with Crippen molar-refractivity contribution in [3.8, 4) is 0 Å². The Kier molecular flexibility index (Phi) is 5.41. The first-order chi connectivity index (χ1) is 15.9. The van der Waals surface area contributed by atoms with Crippen molar-refractivity contribution in [1.29, 1.82) is 0 Å². The number of rotatable bonds is 6. The maximum atomic E-state index is 13.7. The van der Waals surface area contributed by atoms with E-state index < -0.39 is 35.6 Å². The number of fused-ring (bicyclic) bond motifs is 5. The van der Waals surface area contributed by atoms with Gasteiger partial charge in [-0.1, -0.05) is 61.0 Å². The van der Waals surface area contributed by atoms with Crippen molar-refractivity contribution in [2.75, 3.05) is 0 Å². The van der Waals surface area contributed by atoms with Crippen LogP contribution >= 0.6 is 11.6 Å². The topological polar surface area (TPSA) is 74.8 Å². The van der Waals surface area contributed by atoms with Crippen LogP contribution in [0.4, 0.5) is 0 Å². The molecule has 6 nitrogen and oxygen atoms in total. The first-order valence-electron chi connectivity index (χ1n) is 11.2. The second kappa shape index (κ2) is 8.27. The second-order valence-corrected chi connectivity index (χ2v) is 9.24. The van der Waals surface area contributed by atoms with Gasteiger partial charge in [-0.25, -0.2) is 5.01 Å². The molecule has 3 amide bonds. The molecule has 2 aromatic rings. The summed E-state index contributed by atoms with van der Waals surface area (Å²) >= 11 is 5.99. The molecule has 7 heteroatoms. The van der Waals surface area contributed by atoms with Crippen LogP contribution in [0.15, 0.2) is 66.7 Å². The third-order valence-corrected chi connectivity index (χ3v) is 7.26. The van der Waals surface area contributed by atoms with Gasteiger partial charge in [0.15, 0.2) is 5.78 Å². The Morgan fingerprint density at radius 2 is 1.52 bits per heavy atom. The Labute approximate surface area is 196 Å². The number of benzene rings is 2. The highest BCUT2D eigenvalue weighted by Gasteiger charge is 2.62. The summed E-state index contributed by atoms with van der Waals surface area (Å²) in [5.41, 5.74) is 0.664. The van der Waals surface area contributed by atoms with E-state index >= 15 is 0 Å². The van der Waals surface area contributed by atoms with Crippen molar-refractivity contribution in [1.82, 2.24) is 10.0 Å². The van der Waals surface area contributed by atoms with Crippen molar-refractivity contribution >= 4 is 35.1 Å². The minimum Gasteiger partial charge on any atom is -0.292 e. The number of amides is 3. The van der Waals surface area contributed by atoms with Crippen molar-refractivity contribution < 1.29 is 19.2 Å². The summed E-state index contributed by atoms with van der Waals surface area (Å²) in [5, 5.41) is 2.52. The lowest BCUT2D eigenvalue weighted by Gasteiger charge is -2.36. The lowest BCUT2D eigenvalue weighted by molar-refractivity contribution is -0.157. The van der Waals surface area contributed by atoms with Gasteiger partial charge in [0.1, 0.15) is 6.04 Å². The third kappa shape index (κ3) is 3.40. The Morgan fingerprint density at radius 3 is 2.06 bits per heavy atom. The van der Waals surface area contributed by atoms with E-state index in [0.29, 0.717) is 10.6 Å². The fraction of sp³-hybridized carbons (Fsp3) is 0.308. The van der Waals surface area contributed by atoms with Gasteiger partial charge in [-0.3, -0.25) is 19.2 Å². The average Bonchev–Trinajstić information content (AvgIpc) is 3.52. The zero-order chi connectivity index (χ0) is 23.3. The number of Topliss-reactive ketones (excluding diaryl/α,β-unsaturated/α-hetero) is 1. The van der Waals surface area contributed by atoms with Gasteiger partial charge >= 0.3 is 0 Å². The molecule has 2 fully saturated rings. The van der Waals surface area contributed by atoms with Crippen LogP contribution < -0.4 is 0 Å². The smallest absolute Gasteiger partial charge is 0.273 e. The summed E-state index contributed by atoms with van der Waals surface area (Å²) in [6.45, 7) is 1.77. The molecule has 1 saturated carbocycles. The number of allylic oxidation sites excluding steroid dienone is 2. The molecule has 2 aromatic carbocycles. The van der Waals surface area contributed by atoms with Crippen molar-refractivity contribution in [2.45, 2.75) is 25.8 Å². The number of carbonyl (C=O) groups is 4. The lowest BCUT2D eigenvalue weighted by Crippen LogP contribution is -2.57. The summed E-state index contributed by atoms with van der Waals surface area (Å²) in [7, 11) is 0. The molecule has 5 atom stereocenters. The summed E-state index contributed by atoms with van der Waals surface area (Å²) in [6, 6.07) is 13.8. The van der Waals surface area contributed by atoms with Gasteiger partial charge in [0.05, 0.1) is 11.8 Å². The largest absolute Gasteiger partial charge is 0.292 e. The van der Waals surface area contributed by atoms with Crippen LogP contribution in [0.25, 0.3) is 0 Å². The standard InChI is InChI=1S/C26H23ClN2O4/c1-2-20(23(30)15-6-4-3-5-7-15)28(24(31)16-10-12-19(27)13-11-16)29-25(32)21-17-8-9-18(14-17)22(21)26(29)33/h3-13,17-18,20-22H,2,14H2,1H3/t17-,18-,20-,21-,22+/m0/s1. The zero-order valence-electron chi connectivity index (χ0n) is 18.1. The molecule has 0 spiro atoms. The van der Waals surface area contributed by atoms with E-state index in [-0.39, 0.29) is 29.6 Å². The fourth-order valence-corrected chi connectivity index (χ4v) is 5.59. The summed E-state index contributed by atoms with van der Waals surface area (Å²) < 4.78 is 0. The normalized spacial score (nSPS) is 25.9. The Balaban J connectivity index is 1.58. The van der Waals surface area contributed by atoms with Crippen LogP contribution in [0, 0.1) is 23.7 Å². The van der Waals surface area contributed by atoms with Crippen LogP contribution in [0.2, 0.25) is 5.02 Å². The molecule has 33 heavy (non-hydrogen) atoms. The Hall–Kier alpha value is -3.25. The van der Waals surface area contributed by atoms with E-state index in [2.05, 4.69) is 0 Å². The zero-order valence-corrected chi connectivity index (χ0v) is 18.8. The Morgan fingerprint density at radius 1 is 0.939 bits per heavy atom. The van der Waals surface area contributed by atoms with Gasteiger partial charge in [-0.15, -0.1) is 0 Å². The van der Waals surface area contributed by atoms with Gasteiger partial charge in [0, 0.05) is 16.1 Å². The molecule has 3 aliphatic rings. The second-order valence-electron chi connectivity index (χ2n) is 8.80. The molecule has 0 aromatic heterocycles. The van der Waals surface area contributed by atoms with Gasteiger partial charge in [0.2, 0.25) is 0 Å². The molecule has 1 saturated heterocycles. The lowest BCUT2D eigenvalue weighted by atomic mass is 9.85. The first kappa shape index (κ1) is 21.6. The number of imide groups is 1. The van der Waals surface area contributed by atoms with E-state index in [1.54, 1.807) is 49.4 Å². The maximum Gasteiger partial charge on any atom is 0.273 e. The minimum atomic E-state index is -1.01. The van der Waals surface area contributed by atoms with Crippen LogP contribution in [0.3, 0.4) is 0 Å². The quantitative estimate of drug-likeness (QED) is 0.367. The first-order valence-corrected chi connectivity index (χ1v) is 11.5. The molecular formula is C26H23ClN2O4. The number of ketones is 1. The molecule has 2 bridgehead atoms. The summed E-state index contributed by atoms with van der Waals surface area (Å²) in [5.74, 6) is -2.65. The predicted octanol–water partition coefficient (Wildman–Crippen LogP) is 4.17. The maximum absolute atomic E-state index is 13.7. The van der Waals surface area contributed by atoms with E-state index in [1.807, 2.05) is 12.2 Å². The number of hydrazine groups is 1. The minimum absolute atomic E-state index is 0.00108. The number of halogens is 1. The van der Waals surface area contributed by atoms with Gasteiger partial charge in [-0.2, -0.15) is 5.01 Å². The molecule has 0 radical (unpaired) electrons. The van der Waals surface area contributed by atoms with E-state index in [4.69, 9.17) is 11.6 Å². The molecule has 0 N–H and O–H groups in total. The summed E-state index contributed by atoms with van der Waals surface area (Å²) in [4.78, 5) is 54.3. The molecule has 0 unspecified atom stereocenters. The van der Waals surface area contributed by atoms with Crippen molar-refractivity contribution in [3.05, 3.63) is 82.9 Å². The van der Waals surface area contributed by atoms with Crippen LogP contribution in [0.5, 0.6) is 0 Å². The number of carbonyl (C=O) groups excluding carboxylic acids is 4. The van der Waals surface area contributed by atoms with E-state index in [9.17, 15) is 19.2 Å². The SMILES string of the molecule is CC[C@@H](C(=O)c1ccccc1)N(C(=O)c1ccc(Cl)cc1)N1C(=O)[C@@H]2[C@H](C1=O)[C@H]1C=C[C@H]2C1. The van der Waals surface area contributed by atoms with Crippen molar-refractivity contribution in [2.24, 2.45) is 23.7 Å². The molecule has 1 aliphatic heterocycles. The Bertz CT molecular complexity index is 1130. The molecule has 5 rings (SSSR count). The van der Waals surface area contributed by atoms with Crippen molar-refractivity contribution in [3.63, 3.8) is 0 Å². The van der Waals surface area contributed by atoms with E-state index in [0.717, 1.165) is 16.4 Å². The highest BCUT2D eigenvalue weighted by molar-refractivity contribution is 6.30. The van der Waals surface area contributed by atoms with Gasteiger partial charge < -0.3 is 0 Å². The fourth-order valence-electron chi connectivity index (χ4n) is 5.46. The highest BCUT2D eigenvalue weighted by Crippen LogP contribution is 2.53. The highest BCUT2D eigenvalue weighted by atomic mass is 35.5. The number of hydrogen-bond donors (Lipinski definition) is 0. The molecule has 168 valence electrons. The molecule has 2 aliphatic carbocycles. The molecule has 1 heterocycles. The third-order valence-electron chi connectivity index (χ3n) is 7.00. The number of nitrogens with zero attached hydrogens (tertiary/aromatic N) is 2. The van der Waals surface area contributed by atoms with E-state index in [1.165, 1.54) is 12.1 Å². The van der Waals surface area contributed by atoms with Gasteiger partial charge in [-0.05, 0) is 48.9 Å². The molecular weight excluding hydrogens is 440 g/mol. The monoisotopic (exact) mass is 462 g/mol. The summed E-state index contributed by atoms with van der Waals surface area (Å²) in [6.07, 6.45) is 5.02. The average molecular weight is 463 g/mol. The van der Waals surface area contributed by atoms with Crippen LogP contribution in [-0.4, -0.2) is 39.6 Å².